The molecule has 1 N–H and O–H groups in total. The SMILES string of the molecule is Cc1ccsc1/C=N/Nc1nc(-c2cccc([N+](=O)[O-])c2)cs1. The first-order valence-electron chi connectivity index (χ1n) is 6.67. The highest BCUT2D eigenvalue weighted by molar-refractivity contribution is 7.14. The Labute approximate surface area is 140 Å². The molecule has 6 nitrogen and oxygen atoms in total. The number of non-ortho nitro benzene ring substituents is 1. The van der Waals surface area contributed by atoms with Crippen molar-refractivity contribution in [2.24, 2.45) is 5.10 Å². The fourth-order valence-corrected chi connectivity index (χ4v) is 3.35. The summed E-state index contributed by atoms with van der Waals surface area (Å²) in [6.45, 7) is 2.03. The van der Waals surface area contributed by atoms with Crippen molar-refractivity contribution >= 4 is 39.7 Å². The highest BCUT2D eigenvalue weighted by Gasteiger charge is 2.09. The van der Waals surface area contributed by atoms with E-state index >= 15 is 0 Å². The zero-order valence-electron chi connectivity index (χ0n) is 12.1. The normalized spacial score (nSPS) is 11.0. The van der Waals surface area contributed by atoms with Gasteiger partial charge in [-0.3, -0.25) is 15.5 Å². The molecule has 3 aromatic rings. The molecule has 2 aromatic heterocycles. The number of rotatable bonds is 5. The molecule has 0 spiro atoms. The minimum absolute atomic E-state index is 0.0520. The second-order valence-electron chi connectivity index (χ2n) is 4.68. The third-order valence-corrected chi connectivity index (χ3v) is 4.80. The molecule has 0 unspecified atom stereocenters. The summed E-state index contributed by atoms with van der Waals surface area (Å²) in [4.78, 5) is 15.9. The van der Waals surface area contributed by atoms with E-state index in [4.69, 9.17) is 0 Å². The highest BCUT2D eigenvalue weighted by atomic mass is 32.1. The van der Waals surface area contributed by atoms with Crippen LogP contribution < -0.4 is 5.43 Å². The molecular formula is C15H12N4O2S2. The van der Waals surface area contributed by atoms with Gasteiger partial charge in [0.2, 0.25) is 5.13 Å². The fraction of sp³-hybridized carbons (Fsp3) is 0.0667. The van der Waals surface area contributed by atoms with Crippen LogP contribution in [0.3, 0.4) is 0 Å². The van der Waals surface area contributed by atoms with Gasteiger partial charge >= 0.3 is 0 Å². The number of aromatic nitrogens is 1. The Bertz CT molecular complexity index is 870. The van der Waals surface area contributed by atoms with Crippen LogP contribution in [0.4, 0.5) is 10.8 Å². The van der Waals surface area contributed by atoms with Crippen molar-refractivity contribution in [2.45, 2.75) is 6.92 Å². The van der Waals surface area contributed by atoms with Crippen LogP contribution in [0.2, 0.25) is 0 Å². The number of nitro groups is 1. The van der Waals surface area contributed by atoms with Gasteiger partial charge in [-0.2, -0.15) is 5.10 Å². The number of nitro benzene ring substituents is 1. The van der Waals surface area contributed by atoms with Crippen molar-refractivity contribution in [2.75, 3.05) is 5.43 Å². The van der Waals surface area contributed by atoms with E-state index in [0.717, 1.165) is 4.88 Å². The number of aryl methyl sites for hydroxylation is 1. The first kappa shape index (κ1) is 15.3. The number of hydrazone groups is 1. The number of anilines is 1. The maximum atomic E-state index is 10.8. The van der Waals surface area contributed by atoms with E-state index in [1.165, 1.54) is 29.0 Å². The number of thiophene rings is 1. The molecule has 2 heterocycles. The van der Waals surface area contributed by atoms with E-state index in [9.17, 15) is 10.1 Å². The molecule has 1 aromatic carbocycles. The predicted octanol–water partition coefficient (Wildman–Crippen LogP) is 4.53. The Hall–Kier alpha value is -2.58. The van der Waals surface area contributed by atoms with Gasteiger partial charge in [0.05, 0.1) is 16.8 Å². The summed E-state index contributed by atoms with van der Waals surface area (Å²) in [6, 6.07) is 8.46. The van der Waals surface area contributed by atoms with E-state index < -0.39 is 4.92 Å². The van der Waals surface area contributed by atoms with Gasteiger partial charge in [0.25, 0.3) is 5.69 Å². The van der Waals surface area contributed by atoms with E-state index in [1.807, 2.05) is 23.8 Å². The second kappa shape index (κ2) is 6.67. The Morgan fingerprint density at radius 3 is 2.96 bits per heavy atom. The van der Waals surface area contributed by atoms with Crippen LogP contribution >= 0.6 is 22.7 Å². The highest BCUT2D eigenvalue weighted by Crippen LogP contribution is 2.27. The third kappa shape index (κ3) is 3.61. The Morgan fingerprint density at radius 2 is 2.22 bits per heavy atom. The topological polar surface area (TPSA) is 80.4 Å². The van der Waals surface area contributed by atoms with Crippen LogP contribution in [0.25, 0.3) is 11.3 Å². The first-order chi connectivity index (χ1) is 11.1. The summed E-state index contributed by atoms with van der Waals surface area (Å²) < 4.78 is 0. The molecule has 0 atom stereocenters. The average molecular weight is 344 g/mol. The second-order valence-corrected chi connectivity index (χ2v) is 6.49. The lowest BCUT2D eigenvalue weighted by atomic mass is 10.1. The van der Waals surface area contributed by atoms with Crippen molar-refractivity contribution in [3.05, 3.63) is 61.6 Å². The maximum Gasteiger partial charge on any atom is 0.270 e. The summed E-state index contributed by atoms with van der Waals surface area (Å²) >= 11 is 3.02. The molecule has 0 fully saturated rings. The van der Waals surface area contributed by atoms with Gasteiger partial charge in [0.1, 0.15) is 0 Å². The Kier molecular flexibility index (Phi) is 4.45. The van der Waals surface area contributed by atoms with E-state index in [2.05, 4.69) is 15.5 Å². The zero-order valence-corrected chi connectivity index (χ0v) is 13.7. The molecule has 0 radical (unpaired) electrons. The molecule has 0 aliphatic carbocycles. The summed E-state index contributed by atoms with van der Waals surface area (Å²) in [6.07, 6.45) is 1.76. The van der Waals surface area contributed by atoms with Crippen LogP contribution in [-0.2, 0) is 0 Å². The van der Waals surface area contributed by atoms with Gasteiger partial charge in [-0.05, 0) is 23.9 Å². The molecule has 0 aliphatic rings. The van der Waals surface area contributed by atoms with Crippen LogP contribution in [-0.4, -0.2) is 16.1 Å². The lowest BCUT2D eigenvalue weighted by Gasteiger charge is -1.97. The monoisotopic (exact) mass is 344 g/mol. The number of thiazole rings is 1. The summed E-state index contributed by atoms with van der Waals surface area (Å²) in [5.41, 5.74) is 5.51. The minimum atomic E-state index is -0.414. The van der Waals surface area contributed by atoms with Crippen molar-refractivity contribution < 1.29 is 4.92 Å². The smallest absolute Gasteiger partial charge is 0.258 e. The molecule has 0 saturated heterocycles. The fourth-order valence-electron chi connectivity index (χ4n) is 1.90. The number of hydrogen-bond donors (Lipinski definition) is 1. The third-order valence-electron chi connectivity index (χ3n) is 3.10. The van der Waals surface area contributed by atoms with Gasteiger partial charge < -0.3 is 0 Å². The zero-order chi connectivity index (χ0) is 16.2. The van der Waals surface area contributed by atoms with Crippen molar-refractivity contribution in [1.29, 1.82) is 0 Å². The van der Waals surface area contributed by atoms with Gasteiger partial charge in [-0.15, -0.1) is 22.7 Å². The first-order valence-corrected chi connectivity index (χ1v) is 8.43. The number of hydrogen-bond acceptors (Lipinski definition) is 7. The van der Waals surface area contributed by atoms with Crippen LogP contribution in [0, 0.1) is 17.0 Å². The van der Waals surface area contributed by atoms with Crippen molar-refractivity contribution in [1.82, 2.24) is 4.98 Å². The Balaban J connectivity index is 1.73. The summed E-state index contributed by atoms with van der Waals surface area (Å²) in [7, 11) is 0. The van der Waals surface area contributed by atoms with E-state index in [-0.39, 0.29) is 5.69 Å². The van der Waals surface area contributed by atoms with Crippen molar-refractivity contribution in [3.8, 4) is 11.3 Å². The summed E-state index contributed by atoms with van der Waals surface area (Å²) in [5, 5.41) is 19.5. The quantitative estimate of drug-likeness (QED) is 0.419. The van der Waals surface area contributed by atoms with Gasteiger partial charge in [-0.25, -0.2) is 4.98 Å². The summed E-state index contributed by atoms with van der Waals surface area (Å²) in [5.74, 6) is 0. The van der Waals surface area contributed by atoms with Gasteiger partial charge in [0, 0.05) is 28.0 Å². The molecule has 0 aliphatic heterocycles. The van der Waals surface area contributed by atoms with Gasteiger partial charge in [0.15, 0.2) is 0 Å². The van der Waals surface area contributed by atoms with E-state index in [0.29, 0.717) is 16.4 Å². The lowest BCUT2D eigenvalue weighted by molar-refractivity contribution is -0.384. The van der Waals surface area contributed by atoms with Crippen LogP contribution in [0.5, 0.6) is 0 Å². The number of nitrogens with one attached hydrogen (secondary N) is 1. The maximum absolute atomic E-state index is 10.8. The van der Waals surface area contributed by atoms with Gasteiger partial charge in [-0.1, -0.05) is 12.1 Å². The minimum Gasteiger partial charge on any atom is -0.258 e. The van der Waals surface area contributed by atoms with Crippen LogP contribution in [0.15, 0.2) is 46.2 Å². The lowest BCUT2D eigenvalue weighted by Crippen LogP contribution is -1.90. The number of benzene rings is 1. The molecule has 8 heteroatoms. The molecular weight excluding hydrogens is 332 g/mol. The van der Waals surface area contributed by atoms with E-state index in [1.54, 1.807) is 29.7 Å². The van der Waals surface area contributed by atoms with Crippen molar-refractivity contribution in [3.63, 3.8) is 0 Å². The molecule has 0 bridgehead atoms. The largest absolute Gasteiger partial charge is 0.270 e. The Morgan fingerprint density at radius 1 is 1.35 bits per heavy atom. The molecule has 0 amide bonds. The number of nitrogens with zero attached hydrogens (tertiary/aromatic N) is 3. The molecule has 116 valence electrons. The molecule has 23 heavy (non-hydrogen) atoms. The predicted molar refractivity (Wildman–Crippen MR) is 94.5 cm³/mol. The standard InChI is InChI=1S/C15H12N4O2S2/c1-10-5-6-22-14(10)8-16-18-15-17-13(9-23-15)11-3-2-4-12(7-11)19(20)21/h2-9H,1H3,(H,17,18)/b16-8+. The van der Waals surface area contributed by atoms with Crippen LogP contribution in [0.1, 0.15) is 10.4 Å². The molecule has 0 saturated carbocycles. The average Bonchev–Trinajstić information content (AvgIpc) is 3.17. The molecule has 3 rings (SSSR count).